The van der Waals surface area contributed by atoms with Gasteiger partial charge in [0.2, 0.25) is 0 Å². The molecule has 0 aliphatic rings. The molecule has 0 aliphatic carbocycles. The molecule has 0 spiro atoms. The Hall–Kier alpha value is -3.49. The van der Waals surface area contributed by atoms with Crippen molar-refractivity contribution in [1.29, 1.82) is 0 Å². The first-order valence-corrected chi connectivity index (χ1v) is 11.7. The molecule has 1 amide bonds. The second-order valence-electron chi connectivity index (χ2n) is 7.77. The van der Waals surface area contributed by atoms with E-state index in [4.69, 9.17) is 9.72 Å². The molecule has 0 unspecified atom stereocenters. The number of thioether (sulfide) groups is 1. The zero-order valence-electron chi connectivity index (χ0n) is 18.9. The fourth-order valence-electron chi connectivity index (χ4n) is 3.45. The molecule has 4 rings (SSSR count). The summed E-state index contributed by atoms with van der Waals surface area (Å²) in [6, 6.07) is 18.7. The van der Waals surface area contributed by atoms with E-state index in [1.807, 2.05) is 31.2 Å². The number of hydrogen-bond donors (Lipinski definition) is 1. The Kier molecular flexibility index (Phi) is 7.40. The largest absolute Gasteiger partial charge is 0.383 e. The Balaban J connectivity index is 1.77. The summed E-state index contributed by atoms with van der Waals surface area (Å²) >= 11 is 1.38. The Morgan fingerprint density at radius 2 is 1.91 bits per heavy atom. The molecule has 0 radical (unpaired) electrons. The van der Waals surface area contributed by atoms with Gasteiger partial charge in [0, 0.05) is 25.0 Å². The van der Waals surface area contributed by atoms with Crippen LogP contribution in [0.1, 0.15) is 21.5 Å². The zero-order chi connectivity index (χ0) is 24.1. The number of fused-ring (bicyclic) bond motifs is 1. The fraction of sp³-hybridized carbons (Fsp3) is 0.192. The number of halogens is 1. The van der Waals surface area contributed by atoms with Crippen LogP contribution in [0.4, 0.5) is 4.39 Å². The summed E-state index contributed by atoms with van der Waals surface area (Å²) in [7, 11) is 1.56. The lowest BCUT2D eigenvalue weighted by molar-refractivity contribution is 0.0937. The molecule has 0 saturated carbocycles. The van der Waals surface area contributed by atoms with Gasteiger partial charge >= 0.3 is 0 Å². The molecule has 1 heterocycles. The van der Waals surface area contributed by atoms with E-state index in [1.165, 1.54) is 28.5 Å². The minimum Gasteiger partial charge on any atom is -0.383 e. The number of carbonyl (C=O) groups excluding carboxylic acids is 1. The van der Waals surface area contributed by atoms with Crippen LogP contribution < -0.4 is 10.9 Å². The maximum absolute atomic E-state index is 14.0. The van der Waals surface area contributed by atoms with E-state index in [1.54, 1.807) is 37.4 Å². The third-order valence-electron chi connectivity index (χ3n) is 5.25. The van der Waals surface area contributed by atoms with Gasteiger partial charge in [0.25, 0.3) is 11.5 Å². The number of hydrogen-bond acceptors (Lipinski definition) is 5. The molecule has 0 saturated heterocycles. The van der Waals surface area contributed by atoms with Crippen LogP contribution in [0.15, 0.2) is 76.7 Å². The topological polar surface area (TPSA) is 73.2 Å². The molecule has 0 bridgehead atoms. The smallest absolute Gasteiger partial charge is 0.266 e. The SMILES string of the molecule is COCCNC(=O)c1ccc2c(=O)n(-c3cccc(F)c3)c(SCc3ccc(C)cc3)nc2c1. The van der Waals surface area contributed by atoms with Crippen molar-refractivity contribution in [2.75, 3.05) is 20.3 Å². The quantitative estimate of drug-likeness (QED) is 0.230. The second-order valence-corrected chi connectivity index (χ2v) is 8.71. The minimum absolute atomic E-state index is 0.274. The number of aryl methyl sites for hydroxylation is 1. The number of nitrogens with zero attached hydrogens (tertiary/aromatic N) is 2. The molecule has 174 valence electrons. The van der Waals surface area contributed by atoms with E-state index in [0.29, 0.717) is 46.2 Å². The maximum Gasteiger partial charge on any atom is 0.266 e. The van der Waals surface area contributed by atoms with E-state index in [2.05, 4.69) is 5.32 Å². The van der Waals surface area contributed by atoms with Crippen molar-refractivity contribution in [3.8, 4) is 5.69 Å². The van der Waals surface area contributed by atoms with Crippen LogP contribution >= 0.6 is 11.8 Å². The molecule has 1 N–H and O–H groups in total. The number of aromatic nitrogens is 2. The third-order valence-corrected chi connectivity index (χ3v) is 6.26. The first-order chi connectivity index (χ1) is 16.5. The van der Waals surface area contributed by atoms with E-state index in [9.17, 15) is 14.0 Å². The highest BCUT2D eigenvalue weighted by Gasteiger charge is 2.16. The van der Waals surface area contributed by atoms with Gasteiger partial charge in [-0.2, -0.15) is 0 Å². The van der Waals surface area contributed by atoms with E-state index in [0.717, 1.165) is 11.1 Å². The zero-order valence-corrected chi connectivity index (χ0v) is 19.7. The van der Waals surface area contributed by atoms with Crippen molar-refractivity contribution in [3.05, 3.63) is 99.6 Å². The first kappa shape index (κ1) is 23.7. The molecule has 1 aromatic heterocycles. The lowest BCUT2D eigenvalue weighted by Gasteiger charge is -2.14. The molecule has 6 nitrogen and oxygen atoms in total. The number of carbonyl (C=O) groups is 1. The van der Waals surface area contributed by atoms with E-state index in [-0.39, 0.29) is 11.5 Å². The van der Waals surface area contributed by atoms with Gasteiger partial charge < -0.3 is 10.1 Å². The number of ether oxygens (including phenoxy) is 1. The Morgan fingerprint density at radius 1 is 1.12 bits per heavy atom. The summed E-state index contributed by atoms with van der Waals surface area (Å²) in [5.41, 5.74) is 3.10. The molecular weight excluding hydrogens is 453 g/mol. The molecule has 0 aliphatic heterocycles. The lowest BCUT2D eigenvalue weighted by atomic mass is 10.1. The highest BCUT2D eigenvalue weighted by Crippen LogP contribution is 2.25. The molecule has 8 heteroatoms. The Labute approximate surface area is 200 Å². The third kappa shape index (κ3) is 5.35. The normalized spacial score (nSPS) is 11.0. The summed E-state index contributed by atoms with van der Waals surface area (Å²) in [4.78, 5) is 30.7. The van der Waals surface area contributed by atoms with E-state index < -0.39 is 5.82 Å². The van der Waals surface area contributed by atoms with Crippen molar-refractivity contribution >= 4 is 28.6 Å². The van der Waals surface area contributed by atoms with Crippen molar-refractivity contribution in [2.45, 2.75) is 17.8 Å². The van der Waals surface area contributed by atoms with Crippen molar-refractivity contribution in [2.24, 2.45) is 0 Å². The monoisotopic (exact) mass is 477 g/mol. The van der Waals surface area contributed by atoms with Gasteiger partial charge in [-0.15, -0.1) is 0 Å². The predicted octanol–water partition coefficient (Wildman–Crippen LogP) is 4.50. The van der Waals surface area contributed by atoms with Crippen molar-refractivity contribution in [1.82, 2.24) is 14.9 Å². The van der Waals surface area contributed by atoms with Crippen LogP contribution in [0, 0.1) is 12.7 Å². The van der Waals surface area contributed by atoms with Gasteiger partial charge in [-0.3, -0.25) is 14.2 Å². The first-order valence-electron chi connectivity index (χ1n) is 10.7. The fourth-order valence-corrected chi connectivity index (χ4v) is 4.42. The number of amides is 1. The second kappa shape index (κ2) is 10.6. The van der Waals surface area contributed by atoms with Gasteiger partial charge in [-0.25, -0.2) is 9.37 Å². The predicted molar refractivity (Wildman–Crippen MR) is 132 cm³/mol. The number of rotatable bonds is 8. The summed E-state index contributed by atoms with van der Waals surface area (Å²) in [6.45, 7) is 2.79. The molecule has 3 aromatic carbocycles. The standard InChI is InChI=1S/C26H24FN3O3S/c1-17-6-8-18(9-7-17)16-34-26-29-23-14-19(24(31)28-12-13-33-2)10-11-22(23)25(32)30(26)21-5-3-4-20(27)15-21/h3-11,14-15H,12-13,16H2,1-2H3,(H,28,31). The minimum atomic E-state index is -0.443. The van der Waals surface area contributed by atoms with Crippen LogP contribution in [0.25, 0.3) is 16.6 Å². The molecule has 4 aromatic rings. The lowest BCUT2D eigenvalue weighted by Crippen LogP contribution is -2.27. The number of methoxy groups -OCH3 is 1. The van der Waals surface area contributed by atoms with E-state index >= 15 is 0 Å². The van der Waals surface area contributed by atoms with Crippen LogP contribution in [0.5, 0.6) is 0 Å². The Bertz CT molecular complexity index is 1390. The average molecular weight is 478 g/mol. The molecule has 0 atom stereocenters. The van der Waals surface area contributed by atoms with Gasteiger partial charge in [0.05, 0.1) is 23.2 Å². The summed E-state index contributed by atoms with van der Waals surface area (Å²) in [5, 5.41) is 3.53. The van der Waals surface area contributed by atoms with Crippen LogP contribution in [0.3, 0.4) is 0 Å². The maximum atomic E-state index is 14.0. The average Bonchev–Trinajstić information content (AvgIpc) is 2.83. The summed E-state index contributed by atoms with van der Waals surface area (Å²) in [6.07, 6.45) is 0. The number of nitrogens with one attached hydrogen (secondary N) is 1. The van der Waals surface area contributed by atoms with Crippen LogP contribution in [0.2, 0.25) is 0 Å². The highest BCUT2D eigenvalue weighted by atomic mass is 32.2. The van der Waals surface area contributed by atoms with Crippen molar-refractivity contribution < 1.29 is 13.9 Å². The number of benzene rings is 3. The molecular formula is C26H24FN3O3S. The highest BCUT2D eigenvalue weighted by molar-refractivity contribution is 7.98. The molecule has 0 fully saturated rings. The van der Waals surface area contributed by atoms with Gasteiger partial charge in [-0.1, -0.05) is 47.7 Å². The van der Waals surface area contributed by atoms with Crippen LogP contribution in [-0.4, -0.2) is 35.7 Å². The Morgan fingerprint density at radius 3 is 2.65 bits per heavy atom. The summed E-state index contributed by atoms with van der Waals surface area (Å²) in [5.74, 6) is -0.143. The van der Waals surface area contributed by atoms with Gasteiger partial charge in [0.1, 0.15) is 5.82 Å². The van der Waals surface area contributed by atoms with Gasteiger partial charge in [-0.05, 0) is 48.9 Å². The van der Waals surface area contributed by atoms with Crippen molar-refractivity contribution in [3.63, 3.8) is 0 Å². The van der Waals surface area contributed by atoms with Crippen LogP contribution in [-0.2, 0) is 10.5 Å². The van der Waals surface area contributed by atoms with Gasteiger partial charge in [0.15, 0.2) is 5.16 Å². The summed E-state index contributed by atoms with van der Waals surface area (Å²) < 4.78 is 20.4. The molecule has 34 heavy (non-hydrogen) atoms.